The van der Waals surface area contributed by atoms with Crippen LogP contribution in [0.15, 0.2) is 0 Å². The molecule has 0 aromatic carbocycles. The predicted octanol–water partition coefficient (Wildman–Crippen LogP) is -1.14. The maximum atomic E-state index is 12.6. The van der Waals surface area contributed by atoms with E-state index in [-0.39, 0.29) is 30.6 Å². The maximum absolute atomic E-state index is 12.6. The second-order valence-corrected chi connectivity index (χ2v) is 9.62. The van der Waals surface area contributed by atoms with E-state index in [0.29, 0.717) is 12.7 Å². The molecule has 4 aliphatic rings. The van der Waals surface area contributed by atoms with Gasteiger partial charge in [-0.1, -0.05) is 19.3 Å². The second-order valence-electron chi connectivity index (χ2n) is 9.62. The highest BCUT2D eigenvalue weighted by atomic mass is 16.5. The summed E-state index contributed by atoms with van der Waals surface area (Å²) in [5, 5.41) is 26.1. The molecule has 3 aliphatic heterocycles. The van der Waals surface area contributed by atoms with Gasteiger partial charge in [0.25, 0.3) is 0 Å². The first-order chi connectivity index (χ1) is 14.7. The second kappa shape index (κ2) is 10.7. The normalized spacial score (nSPS) is 37.3. The van der Waals surface area contributed by atoms with Crippen molar-refractivity contribution in [3.8, 4) is 0 Å². The Balaban J connectivity index is 1.32. The number of ether oxygens (including phenoxy) is 1. The van der Waals surface area contributed by atoms with Crippen molar-refractivity contribution in [1.82, 2.24) is 15.1 Å². The molecule has 0 spiro atoms. The zero-order valence-electron chi connectivity index (χ0n) is 18.3. The number of piperazine rings is 1. The van der Waals surface area contributed by atoms with E-state index in [1.807, 2.05) is 0 Å². The van der Waals surface area contributed by atoms with Crippen molar-refractivity contribution >= 4 is 5.91 Å². The third kappa shape index (κ3) is 5.16. The van der Waals surface area contributed by atoms with Gasteiger partial charge in [-0.05, 0) is 25.7 Å². The van der Waals surface area contributed by atoms with E-state index < -0.39 is 12.2 Å². The van der Waals surface area contributed by atoms with Gasteiger partial charge in [0, 0.05) is 45.1 Å². The number of nitrogens with one attached hydrogen (secondary N) is 1. The molecule has 172 valence electrons. The molecule has 1 unspecified atom stereocenters. The van der Waals surface area contributed by atoms with Crippen molar-refractivity contribution in [2.75, 3.05) is 45.9 Å². The van der Waals surface area contributed by atoms with Gasteiger partial charge in [-0.15, -0.1) is 0 Å². The molecular formula is C22H41N4O4+. The van der Waals surface area contributed by atoms with Crippen LogP contribution in [-0.4, -0.2) is 102 Å². The number of hydrogen-bond donors (Lipinski definition) is 4. The lowest BCUT2D eigenvalue weighted by Gasteiger charge is -2.42. The smallest absolute Gasteiger partial charge is 0.223 e. The van der Waals surface area contributed by atoms with Crippen LogP contribution in [0, 0.1) is 5.92 Å². The largest absolute Gasteiger partial charge is 0.394 e. The topological polar surface area (TPSA) is 102 Å². The van der Waals surface area contributed by atoms with Crippen molar-refractivity contribution in [2.45, 2.75) is 81.9 Å². The third-order valence-corrected chi connectivity index (χ3v) is 7.73. The van der Waals surface area contributed by atoms with Gasteiger partial charge in [0.15, 0.2) is 0 Å². The maximum Gasteiger partial charge on any atom is 0.223 e. The number of amides is 1. The van der Waals surface area contributed by atoms with Crippen LogP contribution < -0.4 is 10.6 Å². The van der Waals surface area contributed by atoms with Gasteiger partial charge in [0.1, 0.15) is 18.4 Å². The Kier molecular flexibility index (Phi) is 8.00. The van der Waals surface area contributed by atoms with Crippen molar-refractivity contribution in [2.24, 2.45) is 5.92 Å². The summed E-state index contributed by atoms with van der Waals surface area (Å²) in [6.45, 7) is 5.21. The lowest BCUT2D eigenvalue weighted by Crippen LogP contribution is -2.95. The van der Waals surface area contributed by atoms with E-state index in [2.05, 4.69) is 20.4 Å². The Morgan fingerprint density at radius 3 is 2.33 bits per heavy atom. The van der Waals surface area contributed by atoms with Gasteiger partial charge in [0.2, 0.25) is 5.91 Å². The molecular weight excluding hydrogens is 384 g/mol. The lowest BCUT2D eigenvalue weighted by molar-refractivity contribution is -0.717. The highest BCUT2D eigenvalue weighted by Gasteiger charge is 2.47. The molecule has 4 rings (SSSR count). The van der Waals surface area contributed by atoms with E-state index in [0.717, 1.165) is 51.9 Å². The van der Waals surface area contributed by atoms with Gasteiger partial charge in [-0.25, -0.2) is 0 Å². The number of carbonyl (C=O) groups is 1. The molecule has 8 nitrogen and oxygen atoms in total. The lowest BCUT2D eigenvalue weighted by atomic mass is 9.88. The van der Waals surface area contributed by atoms with E-state index in [1.165, 1.54) is 32.2 Å². The summed E-state index contributed by atoms with van der Waals surface area (Å²) in [4.78, 5) is 17.5. The van der Waals surface area contributed by atoms with Crippen LogP contribution in [-0.2, 0) is 9.53 Å². The minimum absolute atomic E-state index is 0.118. The number of aliphatic hydroxyl groups excluding tert-OH is 2. The molecule has 4 fully saturated rings. The van der Waals surface area contributed by atoms with E-state index >= 15 is 0 Å². The van der Waals surface area contributed by atoms with Crippen LogP contribution in [0.1, 0.15) is 51.4 Å². The molecule has 0 aromatic rings. The standard InChI is InChI=1S/C22H40N4O4/c27-15-18-21(28)20(17(30-18)14-24-22(29)16-6-2-1-3-7-16)26-12-10-25(11-13-26)19-8-4-5-9-23-19/h16-21,23,27-28H,1-15H2,(H,24,29)/p+1/t17-,18-,19?,20-,21+/m0/s1. The molecule has 1 saturated carbocycles. The molecule has 30 heavy (non-hydrogen) atoms. The number of hydrogen-bond acceptors (Lipinski definition) is 6. The molecule has 0 bridgehead atoms. The average Bonchev–Trinajstić information content (AvgIpc) is 3.14. The molecule has 3 heterocycles. The van der Waals surface area contributed by atoms with Crippen molar-refractivity contribution < 1.29 is 25.1 Å². The number of nitrogens with two attached hydrogens (primary N) is 1. The molecule has 1 amide bonds. The average molecular weight is 426 g/mol. The van der Waals surface area contributed by atoms with E-state index in [1.54, 1.807) is 0 Å². The van der Waals surface area contributed by atoms with Gasteiger partial charge in [-0.3, -0.25) is 14.6 Å². The highest BCUT2D eigenvalue weighted by molar-refractivity contribution is 5.78. The quantitative estimate of drug-likeness (QED) is 0.429. The Bertz CT molecular complexity index is 545. The number of rotatable bonds is 6. The summed E-state index contributed by atoms with van der Waals surface area (Å²) in [6.07, 6.45) is 8.37. The number of quaternary nitrogens is 1. The third-order valence-electron chi connectivity index (χ3n) is 7.73. The molecule has 5 atom stereocenters. The SMILES string of the molecule is O=C(NC[C@@H]1O[C@@H](CO)[C@@H](O)[C@H]1N1CCN(C2CCCC[NH2+]2)CC1)C1CCCCC1. The van der Waals surface area contributed by atoms with Crippen LogP contribution in [0.4, 0.5) is 0 Å². The van der Waals surface area contributed by atoms with E-state index in [4.69, 9.17) is 4.74 Å². The first-order valence-corrected chi connectivity index (χ1v) is 12.2. The van der Waals surface area contributed by atoms with Crippen LogP contribution in [0.2, 0.25) is 0 Å². The number of carbonyl (C=O) groups excluding carboxylic acids is 1. The summed E-state index contributed by atoms with van der Waals surface area (Å²) in [7, 11) is 0. The van der Waals surface area contributed by atoms with Crippen molar-refractivity contribution in [3.05, 3.63) is 0 Å². The number of aliphatic hydroxyl groups is 2. The molecule has 1 aliphatic carbocycles. The summed E-state index contributed by atoms with van der Waals surface area (Å²) < 4.78 is 5.99. The zero-order chi connectivity index (χ0) is 20.9. The molecule has 3 saturated heterocycles. The fraction of sp³-hybridized carbons (Fsp3) is 0.955. The number of nitrogens with zero attached hydrogens (tertiary/aromatic N) is 2. The summed E-state index contributed by atoms with van der Waals surface area (Å²) >= 11 is 0. The first kappa shape index (κ1) is 22.4. The van der Waals surface area contributed by atoms with Crippen LogP contribution in [0.25, 0.3) is 0 Å². The van der Waals surface area contributed by atoms with Gasteiger partial charge < -0.3 is 25.6 Å². The first-order valence-electron chi connectivity index (χ1n) is 12.2. The highest BCUT2D eigenvalue weighted by Crippen LogP contribution is 2.28. The van der Waals surface area contributed by atoms with Gasteiger partial charge in [-0.2, -0.15) is 0 Å². The predicted molar refractivity (Wildman–Crippen MR) is 113 cm³/mol. The van der Waals surface area contributed by atoms with Gasteiger partial charge in [0.05, 0.1) is 25.3 Å². The van der Waals surface area contributed by atoms with Crippen LogP contribution in [0.5, 0.6) is 0 Å². The summed E-state index contributed by atoms with van der Waals surface area (Å²) in [5.74, 6) is 0.240. The Hall–Kier alpha value is -0.770. The van der Waals surface area contributed by atoms with Crippen molar-refractivity contribution in [3.63, 3.8) is 0 Å². The fourth-order valence-electron chi connectivity index (χ4n) is 5.93. The Labute approximate surface area is 180 Å². The van der Waals surface area contributed by atoms with Crippen molar-refractivity contribution in [1.29, 1.82) is 0 Å². The minimum Gasteiger partial charge on any atom is -0.394 e. The molecule has 0 radical (unpaired) electrons. The minimum atomic E-state index is -0.723. The van der Waals surface area contributed by atoms with Gasteiger partial charge >= 0.3 is 0 Å². The summed E-state index contributed by atoms with van der Waals surface area (Å²) in [6, 6.07) is -0.175. The van der Waals surface area contributed by atoms with Crippen LogP contribution in [0.3, 0.4) is 0 Å². The number of piperidine rings is 1. The summed E-state index contributed by atoms with van der Waals surface area (Å²) in [5.41, 5.74) is 0. The Morgan fingerprint density at radius 1 is 0.967 bits per heavy atom. The molecule has 8 heteroatoms. The zero-order valence-corrected chi connectivity index (χ0v) is 18.3. The fourth-order valence-corrected chi connectivity index (χ4v) is 5.93. The molecule has 0 aromatic heterocycles. The Morgan fingerprint density at radius 2 is 1.67 bits per heavy atom. The molecule has 5 N–H and O–H groups in total. The monoisotopic (exact) mass is 425 g/mol. The van der Waals surface area contributed by atoms with E-state index in [9.17, 15) is 15.0 Å². The van der Waals surface area contributed by atoms with Crippen LogP contribution >= 0.6 is 0 Å².